The molecule has 6 nitrogen and oxygen atoms in total. The standard InChI is InChI=1S/C19H25N5O/c1-14(2)19(25)21-18-11-10-17(22-23-18)20-15-6-8-16(9-7-15)24-12-4-3-5-13-24/h6-11,14H,3-5,12-13H2,1-2H3,(H,20,22)(H,21,23,25). The van der Waals surface area contributed by atoms with Crippen LogP contribution in [-0.4, -0.2) is 29.2 Å². The second-order valence-corrected chi connectivity index (χ2v) is 6.67. The molecule has 0 radical (unpaired) electrons. The Labute approximate surface area is 148 Å². The molecule has 1 fully saturated rings. The number of hydrogen-bond acceptors (Lipinski definition) is 5. The number of rotatable bonds is 5. The van der Waals surface area contributed by atoms with E-state index >= 15 is 0 Å². The number of benzene rings is 1. The molecule has 1 amide bonds. The number of piperidine rings is 1. The van der Waals surface area contributed by atoms with Crippen molar-refractivity contribution < 1.29 is 4.79 Å². The Morgan fingerprint density at radius 3 is 2.20 bits per heavy atom. The number of carbonyl (C=O) groups excluding carboxylic acids is 1. The number of amides is 1. The number of hydrogen-bond donors (Lipinski definition) is 2. The maximum Gasteiger partial charge on any atom is 0.228 e. The second-order valence-electron chi connectivity index (χ2n) is 6.67. The van der Waals surface area contributed by atoms with Crippen LogP contribution in [0.15, 0.2) is 36.4 Å². The number of nitrogens with zero attached hydrogens (tertiary/aromatic N) is 3. The zero-order valence-electron chi connectivity index (χ0n) is 14.8. The van der Waals surface area contributed by atoms with Crippen molar-refractivity contribution in [3.8, 4) is 0 Å². The van der Waals surface area contributed by atoms with Crippen LogP contribution in [0.3, 0.4) is 0 Å². The maximum atomic E-state index is 11.7. The number of anilines is 4. The highest BCUT2D eigenvalue weighted by atomic mass is 16.1. The van der Waals surface area contributed by atoms with E-state index in [1.54, 1.807) is 6.07 Å². The van der Waals surface area contributed by atoms with Gasteiger partial charge in [0.25, 0.3) is 0 Å². The summed E-state index contributed by atoms with van der Waals surface area (Å²) in [6, 6.07) is 11.9. The Bertz CT molecular complexity index is 691. The molecule has 25 heavy (non-hydrogen) atoms. The third-order valence-electron chi connectivity index (χ3n) is 4.30. The van der Waals surface area contributed by atoms with Gasteiger partial charge in [-0.05, 0) is 55.7 Å². The van der Waals surface area contributed by atoms with Gasteiger partial charge >= 0.3 is 0 Å². The van der Waals surface area contributed by atoms with Gasteiger partial charge in [-0.1, -0.05) is 13.8 Å². The van der Waals surface area contributed by atoms with E-state index < -0.39 is 0 Å². The third-order valence-corrected chi connectivity index (χ3v) is 4.30. The first-order valence-electron chi connectivity index (χ1n) is 8.88. The fourth-order valence-electron chi connectivity index (χ4n) is 2.79. The average molecular weight is 339 g/mol. The van der Waals surface area contributed by atoms with E-state index in [1.807, 2.05) is 19.9 Å². The van der Waals surface area contributed by atoms with Crippen LogP contribution in [0.1, 0.15) is 33.1 Å². The first-order chi connectivity index (χ1) is 12.1. The zero-order valence-corrected chi connectivity index (χ0v) is 14.8. The molecule has 1 aromatic heterocycles. The average Bonchev–Trinajstić information content (AvgIpc) is 2.64. The van der Waals surface area contributed by atoms with Crippen LogP contribution >= 0.6 is 0 Å². The number of carbonyl (C=O) groups is 1. The quantitative estimate of drug-likeness (QED) is 0.867. The van der Waals surface area contributed by atoms with Gasteiger partial charge in [0.2, 0.25) is 5.91 Å². The SMILES string of the molecule is CC(C)C(=O)Nc1ccc(Nc2ccc(N3CCCCC3)cc2)nn1. The lowest BCUT2D eigenvalue weighted by atomic mass is 10.1. The molecule has 1 aliphatic rings. The van der Waals surface area contributed by atoms with Crippen LogP contribution in [0.5, 0.6) is 0 Å². The van der Waals surface area contributed by atoms with Crippen molar-refractivity contribution in [2.45, 2.75) is 33.1 Å². The van der Waals surface area contributed by atoms with Gasteiger partial charge in [-0.25, -0.2) is 0 Å². The monoisotopic (exact) mass is 339 g/mol. The summed E-state index contributed by atoms with van der Waals surface area (Å²) >= 11 is 0. The van der Waals surface area contributed by atoms with Crippen molar-refractivity contribution in [1.29, 1.82) is 0 Å². The predicted octanol–water partition coefficient (Wildman–Crippen LogP) is 3.81. The van der Waals surface area contributed by atoms with Crippen molar-refractivity contribution in [2.24, 2.45) is 5.92 Å². The summed E-state index contributed by atoms with van der Waals surface area (Å²) in [7, 11) is 0. The second kappa shape index (κ2) is 7.96. The largest absolute Gasteiger partial charge is 0.372 e. The summed E-state index contributed by atoms with van der Waals surface area (Å²) in [5.74, 6) is 0.958. The Morgan fingerprint density at radius 1 is 0.960 bits per heavy atom. The van der Waals surface area contributed by atoms with E-state index in [-0.39, 0.29) is 11.8 Å². The lowest BCUT2D eigenvalue weighted by molar-refractivity contribution is -0.118. The minimum absolute atomic E-state index is 0.0664. The van der Waals surface area contributed by atoms with Crippen LogP contribution in [0.25, 0.3) is 0 Å². The summed E-state index contributed by atoms with van der Waals surface area (Å²) in [5, 5.41) is 14.1. The topological polar surface area (TPSA) is 70.2 Å². The Morgan fingerprint density at radius 2 is 1.60 bits per heavy atom. The summed E-state index contributed by atoms with van der Waals surface area (Å²) in [5.41, 5.74) is 2.23. The van der Waals surface area contributed by atoms with Crippen LogP contribution in [0, 0.1) is 5.92 Å². The first-order valence-corrected chi connectivity index (χ1v) is 8.88. The highest BCUT2D eigenvalue weighted by Crippen LogP contribution is 2.23. The van der Waals surface area contributed by atoms with Crippen molar-refractivity contribution in [2.75, 3.05) is 28.6 Å². The molecule has 0 bridgehead atoms. The minimum Gasteiger partial charge on any atom is -0.372 e. The van der Waals surface area contributed by atoms with Crippen LogP contribution in [0.2, 0.25) is 0 Å². The van der Waals surface area contributed by atoms with Crippen molar-refractivity contribution in [3.05, 3.63) is 36.4 Å². The van der Waals surface area contributed by atoms with Gasteiger partial charge in [-0.15, -0.1) is 10.2 Å². The van der Waals surface area contributed by atoms with Gasteiger partial charge in [-0.2, -0.15) is 0 Å². The zero-order chi connectivity index (χ0) is 17.6. The summed E-state index contributed by atoms with van der Waals surface area (Å²) in [6.45, 7) is 5.96. The normalized spacial score (nSPS) is 14.4. The smallest absolute Gasteiger partial charge is 0.228 e. The van der Waals surface area contributed by atoms with E-state index in [4.69, 9.17) is 0 Å². The Balaban J connectivity index is 1.59. The van der Waals surface area contributed by atoms with Crippen LogP contribution in [0.4, 0.5) is 23.0 Å². The van der Waals surface area contributed by atoms with Crippen molar-refractivity contribution in [3.63, 3.8) is 0 Å². The molecule has 3 rings (SSSR count). The molecule has 1 aliphatic heterocycles. The van der Waals surface area contributed by atoms with E-state index in [1.165, 1.54) is 24.9 Å². The molecular weight excluding hydrogens is 314 g/mol. The molecule has 1 aromatic carbocycles. The lowest BCUT2D eigenvalue weighted by Gasteiger charge is -2.28. The van der Waals surface area contributed by atoms with Crippen molar-refractivity contribution in [1.82, 2.24) is 10.2 Å². The van der Waals surface area contributed by atoms with Gasteiger partial charge in [0, 0.05) is 30.4 Å². The summed E-state index contributed by atoms with van der Waals surface area (Å²) in [6.07, 6.45) is 3.88. The highest BCUT2D eigenvalue weighted by Gasteiger charge is 2.11. The van der Waals surface area contributed by atoms with E-state index in [9.17, 15) is 4.79 Å². The lowest BCUT2D eigenvalue weighted by Crippen LogP contribution is -2.29. The fourth-order valence-corrected chi connectivity index (χ4v) is 2.79. The molecule has 0 spiro atoms. The van der Waals surface area contributed by atoms with Gasteiger partial charge in [-0.3, -0.25) is 4.79 Å². The molecule has 0 unspecified atom stereocenters. The first kappa shape index (κ1) is 17.2. The molecule has 0 atom stereocenters. The summed E-state index contributed by atoms with van der Waals surface area (Å²) < 4.78 is 0. The Kier molecular flexibility index (Phi) is 5.48. The van der Waals surface area contributed by atoms with E-state index in [2.05, 4.69) is 50.0 Å². The van der Waals surface area contributed by atoms with Gasteiger partial charge < -0.3 is 15.5 Å². The Hall–Kier alpha value is -2.63. The van der Waals surface area contributed by atoms with E-state index in [0.29, 0.717) is 11.6 Å². The van der Waals surface area contributed by atoms with Crippen LogP contribution in [-0.2, 0) is 4.79 Å². The van der Waals surface area contributed by atoms with E-state index in [0.717, 1.165) is 18.8 Å². The number of aromatic nitrogens is 2. The fraction of sp³-hybridized carbons (Fsp3) is 0.421. The molecule has 132 valence electrons. The van der Waals surface area contributed by atoms with Crippen LogP contribution < -0.4 is 15.5 Å². The molecule has 6 heteroatoms. The molecular formula is C19H25N5O. The molecule has 2 heterocycles. The molecule has 2 aromatic rings. The van der Waals surface area contributed by atoms with Gasteiger partial charge in [0.05, 0.1) is 0 Å². The number of nitrogens with one attached hydrogen (secondary N) is 2. The molecule has 0 aliphatic carbocycles. The molecule has 1 saturated heterocycles. The minimum atomic E-state index is -0.0852. The molecule has 2 N–H and O–H groups in total. The molecule has 0 saturated carbocycles. The summed E-state index contributed by atoms with van der Waals surface area (Å²) in [4.78, 5) is 14.1. The van der Waals surface area contributed by atoms with Gasteiger partial charge in [0.1, 0.15) is 0 Å². The maximum absolute atomic E-state index is 11.7. The highest BCUT2D eigenvalue weighted by molar-refractivity contribution is 5.91. The van der Waals surface area contributed by atoms with Crippen molar-refractivity contribution >= 4 is 28.9 Å². The third kappa shape index (κ3) is 4.68. The predicted molar refractivity (Wildman–Crippen MR) is 101 cm³/mol. The van der Waals surface area contributed by atoms with Gasteiger partial charge in [0.15, 0.2) is 11.6 Å².